The molecule has 0 aliphatic carbocycles. The lowest BCUT2D eigenvalue weighted by molar-refractivity contribution is -0.124. The standard InChI is InChI=1S/C13H15BrClF2N5O/c1-7-10(15)11(12(16)17)20-22(7)8(2)13(23)18-3-4-21-6-9(14)5-19-21/h5-6,8,12H,3-4H2,1-2H3,(H,18,23)/t8-/m0/s1. The van der Waals surface area contributed by atoms with Gasteiger partial charge in [0.15, 0.2) is 0 Å². The third-order valence-electron chi connectivity index (χ3n) is 3.30. The van der Waals surface area contributed by atoms with E-state index in [4.69, 9.17) is 11.6 Å². The Bertz CT molecular complexity index is 703. The molecule has 2 aromatic rings. The van der Waals surface area contributed by atoms with E-state index in [2.05, 4.69) is 31.4 Å². The molecule has 0 aliphatic heterocycles. The van der Waals surface area contributed by atoms with Gasteiger partial charge in [0.05, 0.1) is 27.9 Å². The van der Waals surface area contributed by atoms with E-state index in [1.807, 2.05) is 0 Å². The Morgan fingerprint density at radius 1 is 1.52 bits per heavy atom. The summed E-state index contributed by atoms with van der Waals surface area (Å²) in [6.07, 6.45) is 0.642. The first-order valence-electron chi connectivity index (χ1n) is 6.79. The van der Waals surface area contributed by atoms with Gasteiger partial charge in [0.2, 0.25) is 5.91 Å². The molecule has 0 unspecified atom stereocenters. The van der Waals surface area contributed by atoms with Gasteiger partial charge in [-0.05, 0) is 29.8 Å². The van der Waals surface area contributed by atoms with E-state index in [9.17, 15) is 13.6 Å². The van der Waals surface area contributed by atoms with Crippen LogP contribution in [0.1, 0.15) is 30.8 Å². The number of carbonyl (C=O) groups is 1. The highest BCUT2D eigenvalue weighted by atomic mass is 79.9. The molecule has 2 aromatic heterocycles. The Hall–Kier alpha value is -1.48. The number of nitrogens with zero attached hydrogens (tertiary/aromatic N) is 4. The minimum atomic E-state index is -2.78. The van der Waals surface area contributed by atoms with E-state index in [0.29, 0.717) is 18.8 Å². The average Bonchev–Trinajstić information content (AvgIpc) is 3.03. The summed E-state index contributed by atoms with van der Waals surface area (Å²) in [5.41, 5.74) is -0.175. The third-order valence-corrected chi connectivity index (χ3v) is 4.17. The lowest BCUT2D eigenvalue weighted by Gasteiger charge is -2.14. The molecule has 0 spiro atoms. The van der Waals surface area contributed by atoms with Gasteiger partial charge < -0.3 is 5.32 Å². The number of amides is 1. The summed E-state index contributed by atoms with van der Waals surface area (Å²) in [5.74, 6) is -0.334. The van der Waals surface area contributed by atoms with Crippen molar-refractivity contribution in [3.63, 3.8) is 0 Å². The van der Waals surface area contributed by atoms with E-state index in [1.165, 1.54) is 4.68 Å². The first-order valence-corrected chi connectivity index (χ1v) is 7.96. The lowest BCUT2D eigenvalue weighted by Crippen LogP contribution is -2.34. The molecule has 0 radical (unpaired) electrons. The van der Waals surface area contributed by atoms with Crippen molar-refractivity contribution in [3.8, 4) is 0 Å². The van der Waals surface area contributed by atoms with E-state index < -0.39 is 18.2 Å². The lowest BCUT2D eigenvalue weighted by atomic mass is 10.3. The molecule has 2 rings (SSSR count). The number of rotatable bonds is 6. The SMILES string of the molecule is Cc1c(Cl)c(C(F)F)nn1[C@@H](C)C(=O)NCCn1cc(Br)cn1. The number of carbonyl (C=O) groups excluding carboxylic acids is 1. The summed E-state index contributed by atoms with van der Waals surface area (Å²) in [5, 5.41) is 10.4. The molecule has 6 nitrogen and oxygen atoms in total. The largest absolute Gasteiger partial charge is 0.352 e. The zero-order valence-corrected chi connectivity index (χ0v) is 14.8. The molecule has 0 fully saturated rings. The van der Waals surface area contributed by atoms with Crippen LogP contribution < -0.4 is 5.32 Å². The Balaban J connectivity index is 1.98. The van der Waals surface area contributed by atoms with Gasteiger partial charge in [-0.2, -0.15) is 10.2 Å². The molecule has 1 amide bonds. The van der Waals surface area contributed by atoms with Crippen molar-refractivity contribution < 1.29 is 13.6 Å². The minimum absolute atomic E-state index is 0.110. The van der Waals surface area contributed by atoms with Crippen LogP contribution in [-0.2, 0) is 11.3 Å². The number of hydrogen-bond acceptors (Lipinski definition) is 3. The quantitative estimate of drug-likeness (QED) is 0.796. The summed E-state index contributed by atoms with van der Waals surface area (Å²) < 4.78 is 29.3. The van der Waals surface area contributed by atoms with Crippen LogP contribution in [0.5, 0.6) is 0 Å². The zero-order chi connectivity index (χ0) is 17.1. The highest BCUT2D eigenvalue weighted by Gasteiger charge is 2.25. The molecule has 0 bridgehead atoms. The average molecular weight is 411 g/mol. The van der Waals surface area contributed by atoms with Crippen LogP contribution in [-0.4, -0.2) is 32.0 Å². The summed E-state index contributed by atoms with van der Waals surface area (Å²) in [6, 6.07) is -0.746. The van der Waals surface area contributed by atoms with Gasteiger partial charge >= 0.3 is 0 Å². The van der Waals surface area contributed by atoms with Crippen LogP contribution in [0.15, 0.2) is 16.9 Å². The predicted octanol–water partition coefficient (Wildman–Crippen LogP) is 3.12. The fourth-order valence-corrected chi connectivity index (χ4v) is 2.59. The molecule has 126 valence electrons. The van der Waals surface area contributed by atoms with Crippen LogP contribution in [0.4, 0.5) is 8.78 Å². The van der Waals surface area contributed by atoms with Gasteiger partial charge in [-0.15, -0.1) is 0 Å². The van der Waals surface area contributed by atoms with Crippen molar-refractivity contribution in [1.82, 2.24) is 24.9 Å². The molecular formula is C13H15BrClF2N5O. The van der Waals surface area contributed by atoms with Crippen LogP contribution >= 0.6 is 27.5 Å². The van der Waals surface area contributed by atoms with E-state index in [1.54, 1.807) is 30.9 Å². The second-order valence-corrected chi connectivity index (χ2v) is 6.21. The smallest absolute Gasteiger partial charge is 0.283 e. The minimum Gasteiger partial charge on any atom is -0.352 e. The number of hydrogen-bond donors (Lipinski definition) is 1. The number of nitrogens with one attached hydrogen (secondary N) is 1. The van der Waals surface area contributed by atoms with E-state index in [0.717, 1.165) is 4.47 Å². The highest BCUT2D eigenvalue weighted by molar-refractivity contribution is 9.10. The first kappa shape index (κ1) is 17.9. The fourth-order valence-electron chi connectivity index (χ4n) is 2.05. The molecule has 10 heteroatoms. The Morgan fingerprint density at radius 3 is 2.74 bits per heavy atom. The zero-order valence-electron chi connectivity index (χ0n) is 12.4. The highest BCUT2D eigenvalue weighted by Crippen LogP contribution is 2.30. The van der Waals surface area contributed by atoms with Crippen LogP contribution in [0.3, 0.4) is 0 Å². The van der Waals surface area contributed by atoms with Crippen molar-refractivity contribution >= 4 is 33.4 Å². The normalized spacial score (nSPS) is 12.7. The topological polar surface area (TPSA) is 64.7 Å². The third kappa shape index (κ3) is 4.08. The molecule has 0 saturated carbocycles. The maximum atomic E-state index is 12.8. The van der Waals surface area contributed by atoms with Crippen molar-refractivity contribution in [2.45, 2.75) is 32.9 Å². The molecule has 0 saturated heterocycles. The second-order valence-electron chi connectivity index (χ2n) is 4.92. The fraction of sp³-hybridized carbons (Fsp3) is 0.462. The number of halogens is 4. The monoisotopic (exact) mass is 409 g/mol. The van der Waals surface area contributed by atoms with Gasteiger partial charge in [0, 0.05) is 12.7 Å². The van der Waals surface area contributed by atoms with Crippen LogP contribution in [0.25, 0.3) is 0 Å². The van der Waals surface area contributed by atoms with Gasteiger partial charge in [-0.1, -0.05) is 11.6 Å². The van der Waals surface area contributed by atoms with Gasteiger partial charge in [-0.25, -0.2) is 8.78 Å². The molecule has 1 N–H and O–H groups in total. The van der Waals surface area contributed by atoms with E-state index in [-0.39, 0.29) is 10.9 Å². The first-order chi connectivity index (χ1) is 10.8. The van der Waals surface area contributed by atoms with Crippen LogP contribution in [0.2, 0.25) is 5.02 Å². The second kappa shape index (κ2) is 7.39. The Morgan fingerprint density at radius 2 is 2.22 bits per heavy atom. The van der Waals surface area contributed by atoms with Crippen molar-refractivity contribution in [3.05, 3.63) is 33.3 Å². The van der Waals surface area contributed by atoms with Crippen molar-refractivity contribution in [2.75, 3.05) is 6.54 Å². The summed E-state index contributed by atoms with van der Waals surface area (Å²) in [4.78, 5) is 12.1. The van der Waals surface area contributed by atoms with Crippen molar-refractivity contribution in [1.29, 1.82) is 0 Å². The predicted molar refractivity (Wildman–Crippen MR) is 84.6 cm³/mol. The van der Waals surface area contributed by atoms with Gasteiger partial charge in [0.25, 0.3) is 6.43 Å². The number of aromatic nitrogens is 4. The van der Waals surface area contributed by atoms with E-state index >= 15 is 0 Å². The number of alkyl halides is 2. The Kier molecular flexibility index (Phi) is 5.74. The summed E-state index contributed by atoms with van der Waals surface area (Å²) in [7, 11) is 0. The Labute approximate surface area is 144 Å². The van der Waals surface area contributed by atoms with Gasteiger partial charge in [-0.3, -0.25) is 14.2 Å². The summed E-state index contributed by atoms with van der Waals surface area (Å²) >= 11 is 9.11. The maximum absolute atomic E-state index is 12.8. The van der Waals surface area contributed by atoms with Crippen molar-refractivity contribution in [2.24, 2.45) is 0 Å². The molecule has 2 heterocycles. The molecule has 1 atom stereocenters. The summed E-state index contributed by atoms with van der Waals surface area (Å²) in [6.45, 7) is 3.97. The van der Waals surface area contributed by atoms with Crippen LogP contribution in [0, 0.1) is 6.92 Å². The molecule has 0 aliphatic rings. The molecule has 0 aromatic carbocycles. The molecular weight excluding hydrogens is 396 g/mol. The van der Waals surface area contributed by atoms with Gasteiger partial charge in [0.1, 0.15) is 11.7 Å². The molecule has 23 heavy (non-hydrogen) atoms. The maximum Gasteiger partial charge on any atom is 0.283 e.